The molecule has 0 aliphatic carbocycles. The number of nitrogens with one attached hydrogen (secondary N) is 1. The molecule has 0 aliphatic heterocycles. The molecule has 0 saturated carbocycles. The monoisotopic (exact) mass is 282 g/mol. The lowest BCUT2D eigenvalue weighted by molar-refractivity contribution is 0.671. The fraction of sp³-hybridized carbons (Fsp3) is 0.286. The van der Waals surface area contributed by atoms with Crippen LogP contribution in [0.1, 0.15) is 13.8 Å². The smallest absolute Gasteiger partial charge is 0.292 e. The maximum absolute atomic E-state index is 12.2. The van der Waals surface area contributed by atoms with Gasteiger partial charge in [-0.15, -0.1) is 0 Å². The van der Waals surface area contributed by atoms with Gasteiger partial charge in [0.05, 0.1) is 16.7 Å². The average Bonchev–Trinajstić information content (AvgIpc) is 2.78. The zero-order valence-electron chi connectivity index (χ0n) is 11.8. The number of hydrazone groups is 1. The maximum atomic E-state index is 12.2. The van der Waals surface area contributed by atoms with Crippen molar-refractivity contribution >= 4 is 22.4 Å². The number of nitrogens with zero attached hydrogens (tertiary/aromatic N) is 5. The van der Waals surface area contributed by atoms with Crippen molar-refractivity contribution in [1.82, 2.24) is 9.13 Å². The Morgan fingerprint density at radius 2 is 1.81 bits per heavy atom. The Labute approximate surface area is 121 Å². The molecule has 0 unspecified atom stereocenters. The summed E-state index contributed by atoms with van der Waals surface area (Å²) in [6.07, 6.45) is 0. The van der Waals surface area contributed by atoms with Gasteiger partial charge in [-0.25, -0.2) is 4.79 Å². The summed E-state index contributed by atoms with van der Waals surface area (Å²) < 4.78 is 3.37. The molecule has 0 radical (unpaired) electrons. The topological polar surface area (TPSA) is 98.9 Å². The molecule has 0 atom stereocenters. The Hall–Kier alpha value is -3.06. The van der Waals surface area contributed by atoms with Crippen LogP contribution in [-0.2, 0) is 13.1 Å². The van der Waals surface area contributed by atoms with E-state index in [2.05, 4.69) is 10.5 Å². The van der Waals surface area contributed by atoms with Crippen LogP contribution in [0.3, 0.4) is 0 Å². The van der Waals surface area contributed by atoms with Gasteiger partial charge in [-0.05, 0) is 32.0 Å². The van der Waals surface area contributed by atoms with Gasteiger partial charge in [-0.3, -0.25) is 14.6 Å². The number of imidazole rings is 1. The van der Waals surface area contributed by atoms with Crippen LogP contribution in [0.5, 0.6) is 0 Å². The van der Waals surface area contributed by atoms with Gasteiger partial charge in [0.2, 0.25) is 5.71 Å². The highest BCUT2D eigenvalue weighted by Gasteiger charge is 2.11. The van der Waals surface area contributed by atoms with Crippen LogP contribution >= 0.6 is 0 Å². The van der Waals surface area contributed by atoms with Crippen molar-refractivity contribution < 1.29 is 0 Å². The number of fused-ring (bicyclic) bond motifs is 1. The molecule has 7 heteroatoms. The third-order valence-corrected chi connectivity index (χ3v) is 3.16. The summed E-state index contributed by atoms with van der Waals surface area (Å²) >= 11 is 0. The predicted octanol–water partition coefficient (Wildman–Crippen LogP) is 1.66. The summed E-state index contributed by atoms with van der Waals surface area (Å²) in [6.45, 7) is 4.99. The molecule has 2 rings (SSSR count). The quantitative estimate of drug-likeness (QED) is 0.680. The second-order valence-electron chi connectivity index (χ2n) is 4.27. The van der Waals surface area contributed by atoms with E-state index in [1.807, 2.05) is 19.9 Å². The summed E-state index contributed by atoms with van der Waals surface area (Å²) in [5.74, 6) is 0. The first kappa shape index (κ1) is 14.4. The highest BCUT2D eigenvalue weighted by molar-refractivity contribution is 6.10. The van der Waals surface area contributed by atoms with Crippen LogP contribution < -0.4 is 11.1 Å². The summed E-state index contributed by atoms with van der Waals surface area (Å²) in [4.78, 5) is 12.2. The van der Waals surface area contributed by atoms with Crippen molar-refractivity contribution in [3.05, 3.63) is 28.7 Å². The van der Waals surface area contributed by atoms with Crippen molar-refractivity contribution in [1.29, 1.82) is 10.5 Å². The minimum atomic E-state index is -0.255. The van der Waals surface area contributed by atoms with Crippen LogP contribution in [0.4, 0.5) is 5.69 Å². The van der Waals surface area contributed by atoms with E-state index in [1.165, 1.54) is 0 Å². The standard InChI is InChI=1S/C14H14N6O/c1-3-19-12-6-5-10(17-18-11(8-15)9-16)7-13(12)20(4-2)14(19)21/h5-7,17H,3-4H2,1-2H3. The Morgan fingerprint density at radius 1 is 1.19 bits per heavy atom. The average molecular weight is 282 g/mol. The van der Waals surface area contributed by atoms with Gasteiger partial charge in [0.1, 0.15) is 12.1 Å². The SMILES string of the molecule is CCn1c(=O)n(CC)c2cc(NN=C(C#N)C#N)ccc21. The van der Waals surface area contributed by atoms with Gasteiger partial charge in [-0.2, -0.15) is 15.6 Å². The number of hydrogen-bond donors (Lipinski definition) is 1. The summed E-state index contributed by atoms with van der Waals surface area (Å²) in [7, 11) is 0. The highest BCUT2D eigenvalue weighted by atomic mass is 16.1. The number of nitriles is 2. The van der Waals surface area contributed by atoms with Crippen LogP contribution in [0.25, 0.3) is 11.0 Å². The summed E-state index contributed by atoms with van der Waals surface area (Å²) in [5, 5.41) is 21.0. The van der Waals surface area contributed by atoms with Gasteiger partial charge in [0.15, 0.2) is 0 Å². The largest absolute Gasteiger partial charge is 0.329 e. The predicted molar refractivity (Wildman–Crippen MR) is 79.8 cm³/mol. The van der Waals surface area contributed by atoms with Gasteiger partial charge >= 0.3 is 5.69 Å². The van der Waals surface area contributed by atoms with Crippen molar-refractivity contribution in [3.8, 4) is 12.1 Å². The van der Waals surface area contributed by atoms with Gasteiger partial charge in [-0.1, -0.05) is 0 Å². The normalized spacial score (nSPS) is 9.90. The fourth-order valence-corrected chi connectivity index (χ4v) is 2.20. The fourth-order valence-electron chi connectivity index (χ4n) is 2.20. The Balaban J connectivity index is 2.53. The lowest BCUT2D eigenvalue weighted by Crippen LogP contribution is -2.23. The number of rotatable bonds is 4. The van der Waals surface area contributed by atoms with E-state index in [-0.39, 0.29) is 11.4 Å². The molecule has 0 fully saturated rings. The van der Waals surface area contributed by atoms with Gasteiger partial charge in [0, 0.05) is 13.1 Å². The first-order valence-electron chi connectivity index (χ1n) is 6.53. The summed E-state index contributed by atoms with van der Waals surface area (Å²) in [6, 6.07) is 8.70. The molecule has 1 aromatic heterocycles. The summed E-state index contributed by atoms with van der Waals surface area (Å²) in [5.41, 5.74) is 4.60. The zero-order chi connectivity index (χ0) is 15.4. The molecular weight excluding hydrogens is 268 g/mol. The molecule has 0 bridgehead atoms. The molecule has 0 saturated heterocycles. The van der Waals surface area contributed by atoms with Crippen molar-refractivity contribution in [2.24, 2.45) is 5.10 Å². The van der Waals surface area contributed by atoms with E-state index in [9.17, 15) is 4.79 Å². The van der Waals surface area contributed by atoms with E-state index in [1.54, 1.807) is 33.4 Å². The van der Waals surface area contributed by atoms with Crippen LogP contribution in [-0.4, -0.2) is 14.8 Å². The molecule has 0 spiro atoms. The molecule has 1 aromatic carbocycles. The van der Waals surface area contributed by atoms with Crippen LogP contribution in [0.15, 0.2) is 28.1 Å². The molecule has 1 N–H and O–H groups in total. The third kappa shape index (κ3) is 2.49. The van der Waals surface area contributed by atoms with E-state index in [4.69, 9.17) is 10.5 Å². The zero-order valence-corrected chi connectivity index (χ0v) is 11.8. The maximum Gasteiger partial charge on any atom is 0.329 e. The molecule has 106 valence electrons. The lowest BCUT2D eigenvalue weighted by Gasteiger charge is -2.02. The molecule has 0 amide bonds. The Bertz CT molecular complexity index is 827. The van der Waals surface area contributed by atoms with Crippen molar-refractivity contribution in [2.45, 2.75) is 26.9 Å². The lowest BCUT2D eigenvalue weighted by atomic mass is 10.2. The second kappa shape index (κ2) is 5.93. The number of hydrogen-bond acceptors (Lipinski definition) is 5. The van der Waals surface area contributed by atoms with Crippen LogP contribution in [0, 0.1) is 22.7 Å². The molecule has 7 nitrogen and oxygen atoms in total. The minimum Gasteiger partial charge on any atom is -0.292 e. The number of benzene rings is 1. The van der Waals surface area contributed by atoms with Crippen molar-refractivity contribution in [2.75, 3.05) is 5.43 Å². The van der Waals surface area contributed by atoms with E-state index >= 15 is 0 Å². The van der Waals surface area contributed by atoms with E-state index in [0.29, 0.717) is 18.8 Å². The number of anilines is 1. The molecule has 1 heterocycles. The molecule has 21 heavy (non-hydrogen) atoms. The highest BCUT2D eigenvalue weighted by Crippen LogP contribution is 2.19. The van der Waals surface area contributed by atoms with Crippen molar-refractivity contribution in [3.63, 3.8) is 0 Å². The van der Waals surface area contributed by atoms with E-state index < -0.39 is 0 Å². The van der Waals surface area contributed by atoms with Crippen LogP contribution in [0.2, 0.25) is 0 Å². The van der Waals surface area contributed by atoms with E-state index in [0.717, 1.165) is 11.0 Å². The first-order valence-corrected chi connectivity index (χ1v) is 6.53. The Kier molecular flexibility index (Phi) is 4.05. The van der Waals surface area contributed by atoms with Gasteiger partial charge in [0.25, 0.3) is 0 Å². The molecule has 0 aliphatic rings. The Morgan fingerprint density at radius 3 is 2.38 bits per heavy atom. The number of aryl methyl sites for hydroxylation is 2. The first-order chi connectivity index (χ1) is 10.2. The molecule has 2 aromatic rings. The molecular formula is C14H14N6O. The number of aromatic nitrogens is 2. The minimum absolute atomic E-state index is 0.0506. The second-order valence-corrected chi connectivity index (χ2v) is 4.27. The van der Waals surface area contributed by atoms with Gasteiger partial charge < -0.3 is 0 Å². The third-order valence-electron chi connectivity index (χ3n) is 3.16.